The van der Waals surface area contributed by atoms with E-state index in [0.29, 0.717) is 17.7 Å². The van der Waals surface area contributed by atoms with Gasteiger partial charge in [-0.1, -0.05) is 12.2 Å². The summed E-state index contributed by atoms with van der Waals surface area (Å²) in [7, 11) is 1.55. The zero-order chi connectivity index (χ0) is 14.4. The van der Waals surface area contributed by atoms with Gasteiger partial charge in [0.2, 0.25) is 11.8 Å². The molecule has 104 valence electrons. The minimum absolute atomic E-state index is 0.0808. The van der Waals surface area contributed by atoms with Gasteiger partial charge in [0.05, 0.1) is 25.5 Å². The summed E-state index contributed by atoms with van der Waals surface area (Å²) in [6, 6.07) is 5.27. The molecule has 2 N–H and O–H groups in total. The van der Waals surface area contributed by atoms with Gasteiger partial charge in [-0.3, -0.25) is 14.5 Å². The van der Waals surface area contributed by atoms with E-state index in [1.807, 2.05) is 0 Å². The third-order valence-electron chi connectivity index (χ3n) is 3.85. The molecule has 0 aromatic heterocycles. The van der Waals surface area contributed by atoms with Crippen LogP contribution in [0.15, 0.2) is 18.2 Å². The lowest BCUT2D eigenvalue weighted by Crippen LogP contribution is -2.32. The summed E-state index contributed by atoms with van der Waals surface area (Å²) in [5, 5.41) is 0. The topological polar surface area (TPSA) is 72.6 Å². The van der Waals surface area contributed by atoms with Gasteiger partial charge in [0, 0.05) is 11.1 Å². The first-order chi connectivity index (χ1) is 9.52. The molecule has 2 aliphatic rings. The van der Waals surface area contributed by atoms with E-state index in [9.17, 15) is 9.59 Å². The Morgan fingerprint density at radius 3 is 2.60 bits per heavy atom. The van der Waals surface area contributed by atoms with Gasteiger partial charge in [0.25, 0.3) is 0 Å². The number of nitrogens with zero attached hydrogens (tertiary/aromatic N) is 1. The van der Waals surface area contributed by atoms with Gasteiger partial charge in [-0.15, -0.1) is 0 Å². The van der Waals surface area contributed by atoms with E-state index in [1.54, 1.807) is 25.3 Å². The summed E-state index contributed by atoms with van der Waals surface area (Å²) in [6.45, 7) is 0.213. The fraction of sp³-hybridized carbons (Fsp3) is 0.357. The van der Waals surface area contributed by atoms with Crippen LogP contribution in [-0.4, -0.2) is 28.8 Å². The van der Waals surface area contributed by atoms with Gasteiger partial charge in [-0.25, -0.2) is 0 Å². The lowest BCUT2D eigenvalue weighted by Gasteiger charge is -2.18. The van der Waals surface area contributed by atoms with E-state index in [1.165, 1.54) is 4.90 Å². The lowest BCUT2D eigenvalue weighted by atomic mass is 10.1. The zero-order valence-corrected chi connectivity index (χ0v) is 11.8. The number of rotatable bonds is 4. The Hall–Kier alpha value is -1.95. The molecule has 2 unspecified atom stereocenters. The third-order valence-corrected chi connectivity index (χ3v) is 4.09. The summed E-state index contributed by atoms with van der Waals surface area (Å²) < 4.78 is 5.27. The first-order valence-electron chi connectivity index (χ1n) is 6.35. The molecule has 1 aromatic carbocycles. The molecule has 1 aliphatic carbocycles. The molecule has 6 heteroatoms. The number of amides is 2. The average molecular weight is 290 g/mol. The van der Waals surface area contributed by atoms with Crippen LogP contribution in [0.2, 0.25) is 0 Å². The van der Waals surface area contributed by atoms with Gasteiger partial charge in [-0.2, -0.15) is 0 Å². The van der Waals surface area contributed by atoms with Crippen LogP contribution in [0.25, 0.3) is 0 Å². The molecule has 1 saturated carbocycles. The number of nitrogens with two attached hydrogens (primary N) is 1. The summed E-state index contributed by atoms with van der Waals surface area (Å²) in [5.41, 5.74) is 7.04. The standard InChI is InChI=1S/C14H14N2O3S/c1-19-11-3-2-7(12(15)20)4-8(11)6-16-13(17)9-5-10(9)14(16)18/h2-4,9-10H,5-6H2,1H3,(H2,15,20). The lowest BCUT2D eigenvalue weighted by molar-refractivity contribution is -0.142. The predicted molar refractivity (Wildman–Crippen MR) is 76.0 cm³/mol. The molecule has 5 nitrogen and oxygen atoms in total. The average Bonchev–Trinajstić information content (AvgIpc) is 3.19. The Bertz CT molecular complexity index is 609. The Labute approximate surface area is 121 Å². The number of imide groups is 1. The first-order valence-corrected chi connectivity index (χ1v) is 6.75. The van der Waals surface area contributed by atoms with E-state index in [2.05, 4.69) is 0 Å². The Kier molecular flexibility index (Phi) is 2.97. The Balaban J connectivity index is 1.89. The van der Waals surface area contributed by atoms with Gasteiger partial charge in [0.1, 0.15) is 10.7 Å². The molecule has 2 atom stereocenters. The summed E-state index contributed by atoms with van der Waals surface area (Å²) in [6.07, 6.45) is 0.707. The number of hydrogen-bond acceptors (Lipinski definition) is 4. The van der Waals surface area contributed by atoms with E-state index >= 15 is 0 Å². The number of thiocarbonyl (C=S) groups is 1. The normalized spacial score (nSPS) is 23.8. The molecule has 2 amide bonds. The van der Waals surface area contributed by atoms with Crippen LogP contribution >= 0.6 is 12.2 Å². The van der Waals surface area contributed by atoms with E-state index < -0.39 is 0 Å². The van der Waals surface area contributed by atoms with Crippen LogP contribution in [0.1, 0.15) is 17.5 Å². The van der Waals surface area contributed by atoms with Gasteiger partial charge >= 0.3 is 0 Å². The largest absolute Gasteiger partial charge is 0.496 e. The maximum atomic E-state index is 12.0. The van der Waals surface area contributed by atoms with Crippen molar-refractivity contribution in [3.63, 3.8) is 0 Å². The molecule has 1 heterocycles. The van der Waals surface area contributed by atoms with E-state index in [-0.39, 0.29) is 35.2 Å². The number of benzene rings is 1. The molecular weight excluding hydrogens is 276 g/mol. The first kappa shape index (κ1) is 13.1. The number of fused-ring (bicyclic) bond motifs is 1. The molecule has 1 aliphatic heterocycles. The second-order valence-corrected chi connectivity index (χ2v) is 5.54. The number of likely N-dealkylation sites (tertiary alicyclic amines) is 1. The fourth-order valence-electron chi connectivity index (χ4n) is 2.63. The van der Waals surface area contributed by atoms with Crippen LogP contribution in [-0.2, 0) is 16.1 Å². The van der Waals surface area contributed by atoms with Crippen molar-refractivity contribution in [3.8, 4) is 5.75 Å². The highest BCUT2D eigenvalue weighted by Crippen LogP contribution is 2.47. The summed E-state index contributed by atoms with van der Waals surface area (Å²) in [5.74, 6) is 0.274. The highest BCUT2D eigenvalue weighted by atomic mass is 32.1. The third kappa shape index (κ3) is 1.96. The number of ether oxygens (including phenoxy) is 1. The molecular formula is C14H14N2O3S. The van der Waals surface area contributed by atoms with Crippen molar-refractivity contribution in [2.24, 2.45) is 17.6 Å². The molecule has 0 radical (unpaired) electrons. The second kappa shape index (κ2) is 4.56. The Morgan fingerprint density at radius 2 is 2.05 bits per heavy atom. The molecule has 20 heavy (non-hydrogen) atoms. The molecule has 0 bridgehead atoms. The molecule has 1 aromatic rings. The molecule has 3 rings (SSSR count). The Morgan fingerprint density at radius 1 is 1.40 bits per heavy atom. The van der Waals surface area contributed by atoms with Crippen molar-refractivity contribution in [1.29, 1.82) is 0 Å². The monoisotopic (exact) mass is 290 g/mol. The summed E-state index contributed by atoms with van der Waals surface area (Å²) in [4.78, 5) is 25.6. The highest BCUT2D eigenvalue weighted by Gasteiger charge is 2.58. The SMILES string of the molecule is COc1ccc(C(N)=S)cc1CN1C(=O)C2CC2C1=O. The van der Waals surface area contributed by atoms with Crippen LogP contribution in [0, 0.1) is 11.8 Å². The molecule has 0 spiro atoms. The van der Waals surface area contributed by atoms with Gasteiger partial charge in [-0.05, 0) is 24.6 Å². The number of hydrogen-bond donors (Lipinski definition) is 1. The van der Waals surface area contributed by atoms with Crippen LogP contribution in [0.3, 0.4) is 0 Å². The maximum Gasteiger partial charge on any atom is 0.233 e. The fourth-order valence-corrected chi connectivity index (χ4v) is 2.76. The minimum Gasteiger partial charge on any atom is -0.496 e. The van der Waals surface area contributed by atoms with E-state index in [0.717, 1.165) is 5.56 Å². The number of carbonyl (C=O) groups is 2. The van der Waals surface area contributed by atoms with E-state index in [4.69, 9.17) is 22.7 Å². The van der Waals surface area contributed by atoms with Crippen molar-refractivity contribution < 1.29 is 14.3 Å². The zero-order valence-electron chi connectivity index (χ0n) is 11.0. The second-order valence-electron chi connectivity index (χ2n) is 5.10. The number of methoxy groups -OCH3 is 1. The van der Waals surface area contributed by atoms with Crippen LogP contribution < -0.4 is 10.5 Å². The van der Waals surface area contributed by atoms with Crippen molar-refractivity contribution in [1.82, 2.24) is 4.90 Å². The van der Waals surface area contributed by atoms with Crippen molar-refractivity contribution in [2.45, 2.75) is 13.0 Å². The molecule has 1 saturated heterocycles. The number of piperidine rings is 1. The van der Waals surface area contributed by atoms with Crippen LogP contribution in [0.5, 0.6) is 5.75 Å². The van der Waals surface area contributed by atoms with Crippen molar-refractivity contribution in [2.75, 3.05) is 7.11 Å². The maximum absolute atomic E-state index is 12.0. The van der Waals surface area contributed by atoms with Crippen LogP contribution in [0.4, 0.5) is 0 Å². The number of carbonyl (C=O) groups excluding carboxylic acids is 2. The van der Waals surface area contributed by atoms with Gasteiger partial charge in [0.15, 0.2) is 0 Å². The predicted octanol–water partition coefficient (Wildman–Crippen LogP) is 0.834. The summed E-state index contributed by atoms with van der Waals surface area (Å²) >= 11 is 4.95. The molecule has 2 fully saturated rings. The highest BCUT2D eigenvalue weighted by molar-refractivity contribution is 7.80. The van der Waals surface area contributed by atoms with Crippen molar-refractivity contribution in [3.05, 3.63) is 29.3 Å². The van der Waals surface area contributed by atoms with Crippen molar-refractivity contribution >= 4 is 29.0 Å². The smallest absolute Gasteiger partial charge is 0.233 e. The van der Waals surface area contributed by atoms with Gasteiger partial charge < -0.3 is 10.5 Å². The minimum atomic E-state index is -0.0905. The quantitative estimate of drug-likeness (QED) is 0.657.